The number of hydrogen-bond donors (Lipinski definition) is 1. The van der Waals surface area contributed by atoms with Gasteiger partial charge in [0, 0.05) is 37.5 Å². The van der Waals surface area contributed by atoms with Crippen molar-refractivity contribution in [1.82, 2.24) is 14.7 Å². The average Bonchev–Trinajstić information content (AvgIpc) is 2.64. The summed E-state index contributed by atoms with van der Waals surface area (Å²) in [5.74, 6) is 0.513. The van der Waals surface area contributed by atoms with Crippen molar-refractivity contribution in [3.63, 3.8) is 0 Å². The van der Waals surface area contributed by atoms with Gasteiger partial charge in [0.25, 0.3) is 17.4 Å². The van der Waals surface area contributed by atoms with Crippen LogP contribution < -0.4 is 10.9 Å². The molecule has 1 N–H and O–H groups in total. The van der Waals surface area contributed by atoms with E-state index in [1.807, 2.05) is 17.9 Å². The summed E-state index contributed by atoms with van der Waals surface area (Å²) < 4.78 is 1.11. The average molecular weight is 382 g/mol. The van der Waals surface area contributed by atoms with E-state index in [2.05, 4.69) is 24.3 Å². The van der Waals surface area contributed by atoms with Crippen LogP contribution in [0.4, 0.5) is 5.69 Å². The molecule has 1 aliphatic heterocycles. The molecule has 3 rings (SSSR count). The monoisotopic (exact) mass is 382 g/mol. The van der Waals surface area contributed by atoms with Gasteiger partial charge in [0.05, 0.1) is 0 Å². The van der Waals surface area contributed by atoms with Crippen molar-refractivity contribution in [1.29, 1.82) is 0 Å². The first-order valence-electron chi connectivity index (χ1n) is 9.50. The zero-order valence-corrected chi connectivity index (χ0v) is 16.7. The third kappa shape index (κ3) is 4.30. The fraction of sp³-hybridized carbons (Fsp3) is 0.429. The number of likely N-dealkylation sites (tertiary alicyclic amines) is 1. The second-order valence-electron chi connectivity index (χ2n) is 7.82. The lowest BCUT2D eigenvalue weighted by Crippen LogP contribution is -2.42. The van der Waals surface area contributed by atoms with Crippen LogP contribution in [0, 0.1) is 18.8 Å². The second kappa shape index (κ2) is 7.96. The number of aryl methyl sites for hydroxylation is 2. The smallest absolute Gasteiger partial charge is 0.276 e. The molecule has 28 heavy (non-hydrogen) atoms. The molecule has 1 aromatic heterocycles. The predicted molar refractivity (Wildman–Crippen MR) is 107 cm³/mol. The minimum atomic E-state index is -0.427. The molecule has 2 unspecified atom stereocenters. The van der Waals surface area contributed by atoms with E-state index in [1.54, 1.807) is 12.1 Å². The molecular formula is C21H26N4O3. The standard InChI is InChI=1S/C21H26N4O3/c1-13-9-14(2)12-25(11-13)21(28)16-6-5-15(3)18(10-16)22-20(27)17-7-8-19(26)24(4)23-17/h5-8,10,13-14H,9,11-12H2,1-4H3,(H,22,27). The SMILES string of the molecule is Cc1ccc(C(=O)N2CC(C)CC(C)C2)cc1NC(=O)c1ccc(=O)n(C)n1. The molecule has 0 aliphatic carbocycles. The largest absolute Gasteiger partial charge is 0.338 e. The number of aromatic nitrogens is 2. The summed E-state index contributed by atoms with van der Waals surface area (Å²) in [4.78, 5) is 38.8. The van der Waals surface area contributed by atoms with E-state index in [-0.39, 0.29) is 17.2 Å². The van der Waals surface area contributed by atoms with Crippen LogP contribution in [0.1, 0.15) is 46.7 Å². The maximum atomic E-state index is 13.0. The Morgan fingerprint density at radius 2 is 1.79 bits per heavy atom. The molecule has 0 radical (unpaired) electrons. The number of benzene rings is 1. The Morgan fingerprint density at radius 3 is 2.43 bits per heavy atom. The Morgan fingerprint density at radius 1 is 1.11 bits per heavy atom. The quantitative estimate of drug-likeness (QED) is 0.884. The van der Waals surface area contributed by atoms with Crippen molar-refractivity contribution in [2.45, 2.75) is 27.2 Å². The lowest BCUT2D eigenvalue weighted by atomic mass is 9.91. The Balaban J connectivity index is 1.81. The van der Waals surface area contributed by atoms with E-state index in [9.17, 15) is 14.4 Å². The molecule has 1 aromatic carbocycles. The molecule has 0 bridgehead atoms. The molecule has 2 heterocycles. The van der Waals surface area contributed by atoms with E-state index in [4.69, 9.17) is 0 Å². The summed E-state index contributed by atoms with van der Waals surface area (Å²) in [6.45, 7) is 7.69. The molecule has 1 saturated heterocycles. The number of nitrogens with zero attached hydrogens (tertiary/aromatic N) is 3. The summed E-state index contributed by atoms with van der Waals surface area (Å²) in [5.41, 5.74) is 1.80. The molecule has 1 fully saturated rings. The van der Waals surface area contributed by atoms with Crippen LogP contribution >= 0.6 is 0 Å². The highest BCUT2D eigenvalue weighted by Gasteiger charge is 2.26. The molecule has 0 spiro atoms. The first kappa shape index (κ1) is 19.8. The molecule has 148 valence electrons. The highest BCUT2D eigenvalue weighted by atomic mass is 16.2. The van der Waals surface area contributed by atoms with Crippen molar-refractivity contribution < 1.29 is 9.59 Å². The van der Waals surface area contributed by atoms with Crippen LogP contribution in [0.2, 0.25) is 0 Å². The lowest BCUT2D eigenvalue weighted by Gasteiger charge is -2.35. The fourth-order valence-corrected chi connectivity index (χ4v) is 3.71. The van der Waals surface area contributed by atoms with Crippen molar-refractivity contribution in [2.75, 3.05) is 18.4 Å². The summed E-state index contributed by atoms with van der Waals surface area (Å²) in [6, 6.07) is 8.02. The highest BCUT2D eigenvalue weighted by Crippen LogP contribution is 2.24. The van der Waals surface area contributed by atoms with Gasteiger partial charge in [0.1, 0.15) is 5.69 Å². The molecule has 1 aliphatic rings. The molecule has 0 saturated carbocycles. The van der Waals surface area contributed by atoms with Crippen molar-refractivity contribution in [3.05, 3.63) is 57.5 Å². The van der Waals surface area contributed by atoms with Crippen LogP contribution in [0.3, 0.4) is 0 Å². The molecular weight excluding hydrogens is 356 g/mol. The first-order chi connectivity index (χ1) is 13.2. The number of rotatable bonds is 3. The van der Waals surface area contributed by atoms with Gasteiger partial charge >= 0.3 is 0 Å². The number of carbonyl (C=O) groups excluding carboxylic acids is 2. The second-order valence-corrected chi connectivity index (χ2v) is 7.82. The molecule has 2 atom stereocenters. The maximum absolute atomic E-state index is 13.0. The molecule has 2 amide bonds. The Kier molecular flexibility index (Phi) is 5.63. The number of nitrogens with one attached hydrogen (secondary N) is 1. The van der Waals surface area contributed by atoms with Gasteiger partial charge in [0.2, 0.25) is 0 Å². The zero-order valence-electron chi connectivity index (χ0n) is 16.7. The highest BCUT2D eigenvalue weighted by molar-refractivity contribution is 6.04. The molecule has 7 heteroatoms. The van der Waals surface area contributed by atoms with Crippen LogP contribution in [0.5, 0.6) is 0 Å². The van der Waals surface area contributed by atoms with Gasteiger partial charge < -0.3 is 10.2 Å². The van der Waals surface area contributed by atoms with E-state index >= 15 is 0 Å². The Hall–Kier alpha value is -2.96. The maximum Gasteiger partial charge on any atom is 0.276 e. The Labute approximate surface area is 164 Å². The van der Waals surface area contributed by atoms with Gasteiger partial charge in [-0.2, -0.15) is 5.10 Å². The number of hydrogen-bond acceptors (Lipinski definition) is 4. The molecule has 7 nitrogen and oxygen atoms in total. The number of piperidine rings is 1. The minimum Gasteiger partial charge on any atom is -0.338 e. The number of carbonyl (C=O) groups is 2. The van der Waals surface area contributed by atoms with E-state index in [1.165, 1.54) is 19.2 Å². The number of anilines is 1. The van der Waals surface area contributed by atoms with Gasteiger partial charge in [-0.15, -0.1) is 0 Å². The van der Waals surface area contributed by atoms with E-state index in [0.717, 1.165) is 29.8 Å². The predicted octanol–water partition coefficient (Wildman–Crippen LogP) is 2.46. The van der Waals surface area contributed by atoms with Crippen LogP contribution in [0.15, 0.2) is 35.1 Å². The third-order valence-corrected chi connectivity index (χ3v) is 5.08. The first-order valence-corrected chi connectivity index (χ1v) is 9.50. The summed E-state index contributed by atoms with van der Waals surface area (Å²) >= 11 is 0. The molecule has 2 aromatic rings. The van der Waals surface area contributed by atoms with Crippen LogP contribution in [-0.4, -0.2) is 39.6 Å². The fourth-order valence-electron chi connectivity index (χ4n) is 3.71. The van der Waals surface area contributed by atoms with Gasteiger partial charge in [0.15, 0.2) is 0 Å². The van der Waals surface area contributed by atoms with E-state index < -0.39 is 5.91 Å². The summed E-state index contributed by atoms with van der Waals surface area (Å²) in [7, 11) is 1.49. The summed E-state index contributed by atoms with van der Waals surface area (Å²) in [6.07, 6.45) is 1.13. The van der Waals surface area contributed by atoms with Crippen molar-refractivity contribution >= 4 is 17.5 Å². The topological polar surface area (TPSA) is 84.3 Å². The van der Waals surface area contributed by atoms with Crippen LogP contribution in [-0.2, 0) is 7.05 Å². The Bertz CT molecular complexity index is 956. The van der Waals surface area contributed by atoms with E-state index in [0.29, 0.717) is 23.1 Å². The van der Waals surface area contributed by atoms with Crippen LogP contribution in [0.25, 0.3) is 0 Å². The van der Waals surface area contributed by atoms with Crippen molar-refractivity contribution in [2.24, 2.45) is 18.9 Å². The van der Waals surface area contributed by atoms with Gasteiger partial charge in [-0.05, 0) is 48.9 Å². The number of amides is 2. The van der Waals surface area contributed by atoms with Gasteiger partial charge in [-0.1, -0.05) is 19.9 Å². The van der Waals surface area contributed by atoms with Gasteiger partial charge in [-0.25, -0.2) is 4.68 Å². The zero-order chi connectivity index (χ0) is 20.4. The third-order valence-electron chi connectivity index (χ3n) is 5.08. The minimum absolute atomic E-state index is 0.0193. The van der Waals surface area contributed by atoms with Crippen molar-refractivity contribution in [3.8, 4) is 0 Å². The van der Waals surface area contributed by atoms with Gasteiger partial charge in [-0.3, -0.25) is 14.4 Å². The lowest BCUT2D eigenvalue weighted by molar-refractivity contribution is 0.0623. The normalized spacial score (nSPS) is 19.4. The summed E-state index contributed by atoms with van der Waals surface area (Å²) in [5, 5.41) is 6.76.